The van der Waals surface area contributed by atoms with Crippen LogP contribution in [0, 0.1) is 0 Å². The molecule has 0 unspecified atom stereocenters. The van der Waals surface area contributed by atoms with E-state index in [1.54, 1.807) is 7.11 Å². The van der Waals surface area contributed by atoms with Gasteiger partial charge in [-0.3, -0.25) is 4.79 Å². The molecule has 106 valence electrons. The number of methoxy groups -OCH3 is 1. The van der Waals surface area contributed by atoms with E-state index in [-0.39, 0.29) is 11.4 Å². The Hall–Kier alpha value is -1.55. The molecule has 0 aliphatic carbocycles. The molecule has 0 aliphatic rings. The Bertz CT molecular complexity index is 394. The highest BCUT2D eigenvalue weighted by molar-refractivity contribution is 5.76. The Morgan fingerprint density at radius 1 is 1.21 bits per heavy atom. The number of ether oxygens (including phenoxy) is 1. The first-order chi connectivity index (χ1) is 8.90. The van der Waals surface area contributed by atoms with E-state index in [0.717, 1.165) is 11.3 Å². The highest BCUT2D eigenvalue weighted by Gasteiger charge is 2.09. The topological polar surface area (TPSA) is 50.4 Å². The minimum atomic E-state index is 0.0518. The van der Waals surface area contributed by atoms with Crippen LogP contribution in [0.15, 0.2) is 24.3 Å². The predicted octanol–water partition coefficient (Wildman–Crippen LogP) is 2.09. The van der Waals surface area contributed by atoms with E-state index < -0.39 is 0 Å². The van der Waals surface area contributed by atoms with Crippen LogP contribution in [0.5, 0.6) is 5.75 Å². The Kier molecular flexibility index (Phi) is 5.83. The third-order valence-corrected chi connectivity index (χ3v) is 2.66. The lowest BCUT2D eigenvalue weighted by Gasteiger charge is -2.20. The van der Waals surface area contributed by atoms with Crippen molar-refractivity contribution in [3.05, 3.63) is 29.8 Å². The molecular weight excluding hydrogens is 240 g/mol. The van der Waals surface area contributed by atoms with E-state index in [1.165, 1.54) is 0 Å². The SMILES string of the molecule is COc1ccc(CNC(=O)CCNC(C)(C)C)cc1. The summed E-state index contributed by atoms with van der Waals surface area (Å²) in [6.45, 7) is 7.50. The second-order valence-corrected chi connectivity index (χ2v) is 5.55. The maximum atomic E-state index is 11.6. The second kappa shape index (κ2) is 7.14. The summed E-state index contributed by atoms with van der Waals surface area (Å²) in [7, 11) is 1.64. The summed E-state index contributed by atoms with van der Waals surface area (Å²) in [4.78, 5) is 11.6. The molecule has 4 heteroatoms. The van der Waals surface area contributed by atoms with Crippen LogP contribution >= 0.6 is 0 Å². The zero-order valence-corrected chi connectivity index (χ0v) is 12.2. The van der Waals surface area contributed by atoms with Crippen LogP contribution in [-0.4, -0.2) is 25.1 Å². The zero-order chi connectivity index (χ0) is 14.3. The third kappa shape index (κ3) is 6.82. The first-order valence-electron chi connectivity index (χ1n) is 6.55. The van der Waals surface area contributed by atoms with Gasteiger partial charge in [-0.05, 0) is 38.5 Å². The number of hydrogen-bond acceptors (Lipinski definition) is 3. The second-order valence-electron chi connectivity index (χ2n) is 5.55. The molecule has 1 amide bonds. The summed E-state index contributed by atoms with van der Waals surface area (Å²) in [5, 5.41) is 6.19. The van der Waals surface area contributed by atoms with Gasteiger partial charge in [-0.1, -0.05) is 12.1 Å². The van der Waals surface area contributed by atoms with Gasteiger partial charge in [0.15, 0.2) is 0 Å². The van der Waals surface area contributed by atoms with Crippen molar-refractivity contribution in [2.75, 3.05) is 13.7 Å². The molecular formula is C15H24N2O2. The van der Waals surface area contributed by atoms with Gasteiger partial charge in [-0.25, -0.2) is 0 Å². The molecule has 0 fully saturated rings. The average Bonchev–Trinajstić information content (AvgIpc) is 2.35. The molecule has 19 heavy (non-hydrogen) atoms. The summed E-state index contributed by atoms with van der Waals surface area (Å²) >= 11 is 0. The number of rotatable bonds is 6. The Morgan fingerprint density at radius 3 is 2.37 bits per heavy atom. The van der Waals surface area contributed by atoms with Gasteiger partial charge in [0.1, 0.15) is 5.75 Å². The van der Waals surface area contributed by atoms with Gasteiger partial charge in [0.05, 0.1) is 7.11 Å². The quantitative estimate of drug-likeness (QED) is 0.827. The molecule has 0 aromatic heterocycles. The smallest absolute Gasteiger partial charge is 0.221 e. The number of amides is 1. The van der Waals surface area contributed by atoms with E-state index in [4.69, 9.17) is 4.74 Å². The van der Waals surface area contributed by atoms with Gasteiger partial charge in [-0.15, -0.1) is 0 Å². The highest BCUT2D eigenvalue weighted by Crippen LogP contribution is 2.10. The highest BCUT2D eigenvalue weighted by atomic mass is 16.5. The van der Waals surface area contributed by atoms with Crippen molar-refractivity contribution in [1.29, 1.82) is 0 Å². The predicted molar refractivity (Wildman–Crippen MR) is 77.2 cm³/mol. The van der Waals surface area contributed by atoms with Gasteiger partial charge in [0.25, 0.3) is 0 Å². The fourth-order valence-electron chi connectivity index (χ4n) is 1.58. The van der Waals surface area contributed by atoms with E-state index in [9.17, 15) is 4.79 Å². The maximum Gasteiger partial charge on any atom is 0.221 e. The summed E-state index contributed by atoms with van der Waals surface area (Å²) in [6, 6.07) is 7.68. The Labute approximate surface area is 115 Å². The third-order valence-electron chi connectivity index (χ3n) is 2.66. The van der Waals surface area contributed by atoms with Gasteiger partial charge in [-0.2, -0.15) is 0 Å². The standard InChI is InChI=1S/C15H24N2O2/c1-15(2,3)17-10-9-14(18)16-11-12-5-7-13(19-4)8-6-12/h5-8,17H,9-11H2,1-4H3,(H,16,18). The van der Waals surface area contributed by atoms with E-state index >= 15 is 0 Å². The van der Waals surface area contributed by atoms with Crippen molar-refractivity contribution in [1.82, 2.24) is 10.6 Å². The van der Waals surface area contributed by atoms with Crippen LogP contribution in [0.25, 0.3) is 0 Å². The van der Waals surface area contributed by atoms with E-state index in [0.29, 0.717) is 19.5 Å². The number of carbonyl (C=O) groups is 1. The van der Waals surface area contributed by atoms with Gasteiger partial charge in [0, 0.05) is 25.0 Å². The molecule has 2 N–H and O–H groups in total. The summed E-state index contributed by atoms with van der Waals surface area (Å²) in [5.41, 5.74) is 1.12. The summed E-state index contributed by atoms with van der Waals surface area (Å²) in [5.74, 6) is 0.886. The average molecular weight is 264 g/mol. The lowest BCUT2D eigenvalue weighted by atomic mass is 10.1. The molecule has 0 aliphatic heterocycles. The largest absolute Gasteiger partial charge is 0.497 e. The Morgan fingerprint density at radius 2 is 1.84 bits per heavy atom. The first kappa shape index (κ1) is 15.5. The van der Waals surface area contributed by atoms with Crippen molar-refractivity contribution in [3.8, 4) is 5.75 Å². The molecule has 0 spiro atoms. The monoisotopic (exact) mass is 264 g/mol. The van der Waals surface area contributed by atoms with Crippen LogP contribution in [-0.2, 0) is 11.3 Å². The molecule has 0 saturated heterocycles. The van der Waals surface area contributed by atoms with Gasteiger partial charge < -0.3 is 15.4 Å². The lowest BCUT2D eigenvalue weighted by Crippen LogP contribution is -2.38. The summed E-state index contributed by atoms with van der Waals surface area (Å²) < 4.78 is 5.08. The first-order valence-corrected chi connectivity index (χ1v) is 6.55. The minimum Gasteiger partial charge on any atom is -0.497 e. The molecule has 0 heterocycles. The van der Waals surface area contributed by atoms with Crippen LogP contribution < -0.4 is 15.4 Å². The van der Waals surface area contributed by atoms with Crippen LogP contribution in [0.1, 0.15) is 32.8 Å². The minimum absolute atomic E-state index is 0.0518. The maximum absolute atomic E-state index is 11.6. The number of nitrogens with one attached hydrogen (secondary N) is 2. The fraction of sp³-hybridized carbons (Fsp3) is 0.533. The Balaban J connectivity index is 2.26. The number of benzene rings is 1. The molecule has 0 radical (unpaired) electrons. The molecule has 0 atom stereocenters. The van der Waals surface area contributed by atoms with Gasteiger partial charge >= 0.3 is 0 Å². The van der Waals surface area contributed by atoms with Crippen LogP contribution in [0.4, 0.5) is 0 Å². The van der Waals surface area contributed by atoms with Crippen molar-refractivity contribution in [2.24, 2.45) is 0 Å². The molecule has 4 nitrogen and oxygen atoms in total. The van der Waals surface area contributed by atoms with Crippen molar-refractivity contribution < 1.29 is 9.53 Å². The van der Waals surface area contributed by atoms with Crippen molar-refractivity contribution >= 4 is 5.91 Å². The van der Waals surface area contributed by atoms with Gasteiger partial charge in [0.2, 0.25) is 5.91 Å². The number of carbonyl (C=O) groups excluding carboxylic acids is 1. The molecule has 0 saturated carbocycles. The van der Waals surface area contributed by atoms with Crippen molar-refractivity contribution in [3.63, 3.8) is 0 Å². The fourth-order valence-corrected chi connectivity index (χ4v) is 1.58. The molecule has 1 aromatic rings. The molecule has 0 bridgehead atoms. The lowest BCUT2D eigenvalue weighted by molar-refractivity contribution is -0.121. The molecule has 1 rings (SSSR count). The van der Waals surface area contributed by atoms with Crippen LogP contribution in [0.2, 0.25) is 0 Å². The molecule has 1 aromatic carbocycles. The summed E-state index contributed by atoms with van der Waals surface area (Å²) in [6.07, 6.45) is 0.493. The zero-order valence-electron chi connectivity index (χ0n) is 12.2. The normalized spacial score (nSPS) is 11.2. The van der Waals surface area contributed by atoms with E-state index in [1.807, 2.05) is 24.3 Å². The van der Waals surface area contributed by atoms with E-state index in [2.05, 4.69) is 31.4 Å². The van der Waals surface area contributed by atoms with Crippen LogP contribution in [0.3, 0.4) is 0 Å². The number of hydrogen-bond donors (Lipinski definition) is 2. The van der Waals surface area contributed by atoms with Crippen molar-refractivity contribution in [2.45, 2.75) is 39.3 Å².